The van der Waals surface area contributed by atoms with Crippen molar-refractivity contribution in [3.05, 3.63) is 0 Å². The lowest BCUT2D eigenvalue weighted by Gasteiger charge is -2.37. The highest BCUT2D eigenvalue weighted by atomic mass is 16.5. The molecule has 0 spiro atoms. The Labute approximate surface area is 116 Å². The summed E-state index contributed by atoms with van der Waals surface area (Å²) in [5.41, 5.74) is 0. The molecule has 1 saturated carbocycles. The van der Waals surface area contributed by atoms with Gasteiger partial charge < -0.3 is 10.1 Å². The van der Waals surface area contributed by atoms with E-state index in [1.807, 2.05) is 6.92 Å². The molecule has 0 aromatic carbocycles. The van der Waals surface area contributed by atoms with Crippen molar-refractivity contribution in [1.82, 2.24) is 10.2 Å². The molecule has 0 aromatic heterocycles. The summed E-state index contributed by atoms with van der Waals surface area (Å²) in [6.07, 6.45) is 7.44. The van der Waals surface area contributed by atoms with Crippen molar-refractivity contribution in [2.75, 3.05) is 19.7 Å². The predicted molar refractivity (Wildman–Crippen MR) is 76.1 cm³/mol. The van der Waals surface area contributed by atoms with Gasteiger partial charge in [0.2, 0.25) is 0 Å². The van der Waals surface area contributed by atoms with Gasteiger partial charge in [-0.1, -0.05) is 13.3 Å². The number of likely N-dealkylation sites (tertiary alicyclic amines) is 1. The van der Waals surface area contributed by atoms with Gasteiger partial charge in [0.25, 0.3) is 0 Å². The molecule has 2 atom stereocenters. The van der Waals surface area contributed by atoms with Crippen LogP contribution in [0.2, 0.25) is 0 Å². The Morgan fingerprint density at radius 2 is 2.11 bits per heavy atom. The second kappa shape index (κ2) is 7.25. The minimum Gasteiger partial charge on any atom is -0.465 e. The summed E-state index contributed by atoms with van der Waals surface area (Å²) in [5, 5.41) is 3.45. The van der Waals surface area contributed by atoms with Gasteiger partial charge in [0.15, 0.2) is 0 Å². The second-order valence-corrected chi connectivity index (χ2v) is 5.80. The standard InChI is InChI=1S/C15H28N2O2/c1-3-13-7-5-6-10-17(13)11-14(15(18)19-4-2)16-12-8-9-12/h12-14,16H,3-11H2,1-2H3. The van der Waals surface area contributed by atoms with Gasteiger partial charge in [-0.15, -0.1) is 0 Å². The fourth-order valence-electron chi connectivity index (χ4n) is 2.97. The van der Waals surface area contributed by atoms with E-state index in [1.165, 1.54) is 38.5 Å². The molecule has 0 amide bonds. The third-order valence-electron chi connectivity index (χ3n) is 4.22. The first kappa shape index (κ1) is 14.8. The maximum Gasteiger partial charge on any atom is 0.324 e. The monoisotopic (exact) mass is 268 g/mol. The first-order valence-corrected chi connectivity index (χ1v) is 7.91. The lowest BCUT2D eigenvalue weighted by Crippen LogP contribution is -2.51. The number of carbonyl (C=O) groups is 1. The molecule has 4 heteroatoms. The number of piperidine rings is 1. The molecule has 1 aliphatic heterocycles. The maximum atomic E-state index is 12.1. The number of nitrogens with one attached hydrogen (secondary N) is 1. The Bertz CT molecular complexity index is 292. The third-order valence-corrected chi connectivity index (χ3v) is 4.22. The van der Waals surface area contributed by atoms with Crippen molar-refractivity contribution >= 4 is 5.97 Å². The van der Waals surface area contributed by atoms with Crippen LogP contribution in [0.3, 0.4) is 0 Å². The van der Waals surface area contributed by atoms with Gasteiger partial charge in [0.05, 0.1) is 6.61 Å². The predicted octanol–water partition coefficient (Wildman–Crippen LogP) is 1.93. The van der Waals surface area contributed by atoms with Crippen molar-refractivity contribution < 1.29 is 9.53 Å². The Hall–Kier alpha value is -0.610. The average molecular weight is 268 g/mol. The van der Waals surface area contributed by atoms with E-state index in [2.05, 4.69) is 17.1 Å². The lowest BCUT2D eigenvalue weighted by molar-refractivity contribution is -0.146. The van der Waals surface area contributed by atoms with Crippen LogP contribution in [-0.4, -0.2) is 48.7 Å². The molecule has 110 valence electrons. The van der Waals surface area contributed by atoms with Crippen LogP contribution in [-0.2, 0) is 9.53 Å². The zero-order valence-corrected chi connectivity index (χ0v) is 12.4. The van der Waals surface area contributed by atoms with Crippen molar-refractivity contribution in [1.29, 1.82) is 0 Å². The van der Waals surface area contributed by atoms with Crippen LogP contribution in [0.15, 0.2) is 0 Å². The summed E-state index contributed by atoms with van der Waals surface area (Å²) >= 11 is 0. The lowest BCUT2D eigenvalue weighted by atomic mass is 9.99. The molecular formula is C15H28N2O2. The average Bonchev–Trinajstić information content (AvgIpc) is 3.23. The van der Waals surface area contributed by atoms with E-state index in [9.17, 15) is 4.79 Å². The van der Waals surface area contributed by atoms with Gasteiger partial charge in [0, 0.05) is 18.6 Å². The summed E-state index contributed by atoms with van der Waals surface area (Å²) in [6, 6.07) is 1.05. The van der Waals surface area contributed by atoms with Crippen LogP contribution in [0, 0.1) is 0 Å². The van der Waals surface area contributed by atoms with Gasteiger partial charge >= 0.3 is 5.97 Å². The topological polar surface area (TPSA) is 41.6 Å². The van der Waals surface area contributed by atoms with Crippen molar-refractivity contribution in [3.8, 4) is 0 Å². The molecule has 1 N–H and O–H groups in total. The molecule has 19 heavy (non-hydrogen) atoms. The minimum atomic E-state index is -0.139. The number of carbonyl (C=O) groups excluding carboxylic acids is 1. The molecule has 0 aromatic rings. The van der Waals surface area contributed by atoms with Crippen LogP contribution in [0.25, 0.3) is 0 Å². The highest BCUT2D eigenvalue weighted by Crippen LogP contribution is 2.22. The number of nitrogens with zero attached hydrogens (tertiary/aromatic N) is 1. The number of esters is 1. The van der Waals surface area contributed by atoms with Gasteiger partial charge in [-0.05, 0) is 45.6 Å². The van der Waals surface area contributed by atoms with Gasteiger partial charge in [-0.25, -0.2) is 0 Å². The summed E-state index contributed by atoms with van der Waals surface area (Å²) in [4.78, 5) is 14.6. The van der Waals surface area contributed by atoms with Crippen LogP contribution in [0.4, 0.5) is 0 Å². The summed E-state index contributed by atoms with van der Waals surface area (Å²) in [5.74, 6) is -0.0742. The number of rotatable bonds is 7. The Kier molecular flexibility index (Phi) is 5.64. The normalized spacial score (nSPS) is 26.1. The van der Waals surface area contributed by atoms with Crippen LogP contribution in [0.1, 0.15) is 52.4 Å². The Balaban J connectivity index is 1.90. The molecule has 1 heterocycles. The van der Waals surface area contributed by atoms with E-state index >= 15 is 0 Å². The zero-order valence-electron chi connectivity index (χ0n) is 12.4. The molecule has 4 nitrogen and oxygen atoms in total. The van der Waals surface area contributed by atoms with E-state index in [0.717, 1.165) is 13.1 Å². The van der Waals surface area contributed by atoms with Crippen molar-refractivity contribution in [3.63, 3.8) is 0 Å². The third kappa shape index (κ3) is 4.46. The molecule has 2 fully saturated rings. The molecule has 2 unspecified atom stereocenters. The highest BCUT2D eigenvalue weighted by Gasteiger charge is 2.32. The van der Waals surface area contributed by atoms with E-state index in [1.54, 1.807) is 0 Å². The molecule has 1 aliphatic carbocycles. The summed E-state index contributed by atoms with van der Waals surface area (Å²) in [6.45, 7) is 6.53. The summed E-state index contributed by atoms with van der Waals surface area (Å²) < 4.78 is 5.22. The van der Waals surface area contributed by atoms with Crippen molar-refractivity contribution in [2.45, 2.75) is 70.5 Å². The largest absolute Gasteiger partial charge is 0.465 e. The fourth-order valence-corrected chi connectivity index (χ4v) is 2.97. The zero-order chi connectivity index (χ0) is 13.7. The smallest absolute Gasteiger partial charge is 0.324 e. The SMILES string of the molecule is CCOC(=O)C(CN1CCCCC1CC)NC1CC1. The quantitative estimate of drug-likeness (QED) is 0.716. The molecule has 2 aliphatic rings. The molecule has 1 saturated heterocycles. The highest BCUT2D eigenvalue weighted by molar-refractivity contribution is 5.76. The van der Waals surface area contributed by atoms with Gasteiger partial charge in [-0.2, -0.15) is 0 Å². The number of hydrogen-bond donors (Lipinski definition) is 1. The van der Waals surface area contributed by atoms with Crippen LogP contribution < -0.4 is 5.32 Å². The van der Waals surface area contributed by atoms with E-state index in [-0.39, 0.29) is 12.0 Å². The van der Waals surface area contributed by atoms with E-state index < -0.39 is 0 Å². The van der Waals surface area contributed by atoms with E-state index in [0.29, 0.717) is 18.7 Å². The first-order chi connectivity index (χ1) is 9.24. The first-order valence-electron chi connectivity index (χ1n) is 7.91. The van der Waals surface area contributed by atoms with Crippen LogP contribution in [0.5, 0.6) is 0 Å². The van der Waals surface area contributed by atoms with Crippen molar-refractivity contribution in [2.24, 2.45) is 0 Å². The van der Waals surface area contributed by atoms with Gasteiger partial charge in [0.1, 0.15) is 6.04 Å². The Morgan fingerprint density at radius 1 is 1.32 bits per heavy atom. The summed E-state index contributed by atoms with van der Waals surface area (Å²) in [7, 11) is 0. The molecule has 0 bridgehead atoms. The Morgan fingerprint density at radius 3 is 2.74 bits per heavy atom. The molecular weight excluding hydrogens is 240 g/mol. The maximum absolute atomic E-state index is 12.1. The molecule has 2 rings (SSSR count). The van der Waals surface area contributed by atoms with E-state index in [4.69, 9.17) is 4.74 Å². The van der Waals surface area contributed by atoms with Gasteiger partial charge in [-0.3, -0.25) is 9.69 Å². The fraction of sp³-hybridized carbons (Fsp3) is 0.933. The second-order valence-electron chi connectivity index (χ2n) is 5.80. The number of hydrogen-bond acceptors (Lipinski definition) is 4. The number of ether oxygens (including phenoxy) is 1. The minimum absolute atomic E-state index is 0.0742. The molecule has 0 radical (unpaired) electrons. The van der Waals surface area contributed by atoms with Crippen LogP contribution >= 0.6 is 0 Å².